The Labute approximate surface area is 200 Å². The first kappa shape index (κ1) is 25.5. The number of aromatic nitrogens is 4. The summed E-state index contributed by atoms with van der Waals surface area (Å²) in [4.78, 5) is 9.37. The van der Waals surface area contributed by atoms with E-state index >= 15 is 0 Å². The van der Waals surface area contributed by atoms with Crippen molar-refractivity contribution < 1.29 is 8.78 Å². The minimum atomic E-state index is -2.21. The van der Waals surface area contributed by atoms with E-state index < -0.39 is 6.43 Å². The molecule has 1 saturated carbocycles. The smallest absolute Gasteiger partial charge is 0.250 e. The third-order valence-corrected chi connectivity index (χ3v) is 5.94. The molecule has 0 unspecified atom stereocenters. The van der Waals surface area contributed by atoms with Crippen molar-refractivity contribution >= 4 is 23.1 Å². The number of allylic oxidation sites excluding steroid dienone is 1. The molecule has 4 rings (SSSR count). The van der Waals surface area contributed by atoms with Gasteiger partial charge in [-0.1, -0.05) is 38.0 Å². The highest BCUT2D eigenvalue weighted by Crippen LogP contribution is 2.28. The van der Waals surface area contributed by atoms with Crippen LogP contribution < -0.4 is 10.6 Å². The number of pyridine rings is 1. The zero-order valence-corrected chi connectivity index (χ0v) is 20.2. The van der Waals surface area contributed by atoms with Crippen LogP contribution in [0.3, 0.4) is 0 Å². The van der Waals surface area contributed by atoms with Crippen LogP contribution >= 0.6 is 0 Å². The van der Waals surface area contributed by atoms with Gasteiger partial charge in [0.25, 0.3) is 6.43 Å². The third kappa shape index (κ3) is 6.47. The lowest BCUT2D eigenvalue weighted by Crippen LogP contribution is -2.23. The molecule has 3 heterocycles. The summed E-state index contributed by atoms with van der Waals surface area (Å²) in [5, 5.41) is 10.2. The number of nitrogens with one attached hydrogen (secondary N) is 2. The molecule has 0 bridgehead atoms. The maximum absolute atomic E-state index is 11.0. The van der Waals surface area contributed by atoms with Crippen molar-refractivity contribution in [1.82, 2.24) is 24.9 Å². The van der Waals surface area contributed by atoms with E-state index in [1.807, 2.05) is 29.2 Å². The molecule has 34 heavy (non-hydrogen) atoms. The number of hydrogen-bond donors (Lipinski definition) is 2. The van der Waals surface area contributed by atoms with Crippen LogP contribution in [0.1, 0.15) is 61.4 Å². The van der Waals surface area contributed by atoms with E-state index in [0.717, 1.165) is 39.4 Å². The summed E-state index contributed by atoms with van der Waals surface area (Å²) in [5.74, 6) is 0.740. The number of alkyl halides is 2. The number of aryl methyl sites for hydroxylation is 1. The SMILES string of the molecule is C=Cc1cnn2ccc(/C(=C/C)c3cnc(NC4CCCCC4)nc3C)cc12.CNCC(F)F. The Morgan fingerprint density at radius 3 is 2.62 bits per heavy atom. The summed E-state index contributed by atoms with van der Waals surface area (Å²) < 4.78 is 23.8. The molecule has 1 fully saturated rings. The summed E-state index contributed by atoms with van der Waals surface area (Å²) in [6.07, 6.45) is 13.9. The third-order valence-electron chi connectivity index (χ3n) is 5.94. The molecule has 6 nitrogen and oxygen atoms in total. The van der Waals surface area contributed by atoms with Gasteiger partial charge in [0.2, 0.25) is 5.95 Å². The molecule has 0 amide bonds. The lowest BCUT2D eigenvalue weighted by atomic mass is 9.95. The second kappa shape index (κ2) is 12.4. The summed E-state index contributed by atoms with van der Waals surface area (Å²) in [6.45, 7) is 7.78. The van der Waals surface area contributed by atoms with Crippen molar-refractivity contribution in [1.29, 1.82) is 0 Å². The number of rotatable bonds is 7. The molecule has 0 spiro atoms. The van der Waals surface area contributed by atoms with E-state index in [-0.39, 0.29) is 6.54 Å². The number of nitrogens with zero attached hydrogens (tertiary/aromatic N) is 4. The minimum absolute atomic E-state index is 0.208. The molecular weight excluding hydrogens is 434 g/mol. The Hall–Kier alpha value is -3.13. The first-order valence-electron chi connectivity index (χ1n) is 11.8. The molecule has 0 aromatic carbocycles. The van der Waals surface area contributed by atoms with Crippen LogP contribution in [0.25, 0.3) is 17.2 Å². The number of hydrogen-bond acceptors (Lipinski definition) is 5. The van der Waals surface area contributed by atoms with Crippen molar-refractivity contribution in [2.45, 2.75) is 58.4 Å². The first-order chi connectivity index (χ1) is 16.5. The van der Waals surface area contributed by atoms with Crippen molar-refractivity contribution in [2.24, 2.45) is 0 Å². The van der Waals surface area contributed by atoms with Crippen LogP contribution in [0.4, 0.5) is 14.7 Å². The largest absolute Gasteiger partial charge is 0.351 e. The van der Waals surface area contributed by atoms with Gasteiger partial charge in [-0.3, -0.25) is 0 Å². The van der Waals surface area contributed by atoms with Crippen LogP contribution in [0.15, 0.2) is 43.4 Å². The highest BCUT2D eigenvalue weighted by molar-refractivity contribution is 5.83. The van der Waals surface area contributed by atoms with Crippen LogP contribution in [0, 0.1) is 6.92 Å². The minimum Gasteiger partial charge on any atom is -0.351 e. The molecule has 0 radical (unpaired) electrons. The Balaban J connectivity index is 0.000000481. The summed E-state index contributed by atoms with van der Waals surface area (Å²) in [6, 6.07) is 4.73. The van der Waals surface area contributed by atoms with Gasteiger partial charge in [0.15, 0.2) is 0 Å². The molecule has 1 aliphatic rings. The van der Waals surface area contributed by atoms with Gasteiger partial charge >= 0.3 is 0 Å². The van der Waals surface area contributed by atoms with Gasteiger partial charge in [-0.2, -0.15) is 5.10 Å². The lowest BCUT2D eigenvalue weighted by Gasteiger charge is -2.23. The van der Waals surface area contributed by atoms with Crippen molar-refractivity contribution in [3.8, 4) is 0 Å². The molecule has 0 atom stereocenters. The Morgan fingerprint density at radius 2 is 2.03 bits per heavy atom. The van der Waals surface area contributed by atoms with Crippen LogP contribution in [0.5, 0.6) is 0 Å². The van der Waals surface area contributed by atoms with Gasteiger partial charge in [-0.15, -0.1) is 0 Å². The zero-order chi connectivity index (χ0) is 24.5. The lowest BCUT2D eigenvalue weighted by molar-refractivity contribution is 0.149. The molecule has 3 aromatic heterocycles. The van der Waals surface area contributed by atoms with Crippen LogP contribution in [0.2, 0.25) is 0 Å². The fourth-order valence-corrected chi connectivity index (χ4v) is 4.19. The van der Waals surface area contributed by atoms with Crippen molar-refractivity contribution in [2.75, 3.05) is 18.9 Å². The fourth-order valence-electron chi connectivity index (χ4n) is 4.19. The summed E-state index contributed by atoms with van der Waals surface area (Å²) in [5.41, 5.74) is 6.36. The first-order valence-corrected chi connectivity index (χ1v) is 11.8. The quantitative estimate of drug-likeness (QED) is 0.463. The molecular formula is C26H34F2N6. The molecule has 0 saturated heterocycles. The molecule has 2 N–H and O–H groups in total. The van der Waals surface area contributed by atoms with E-state index in [1.54, 1.807) is 0 Å². The highest BCUT2D eigenvalue weighted by Gasteiger charge is 2.16. The molecule has 3 aromatic rings. The van der Waals surface area contributed by atoms with Crippen molar-refractivity contribution in [3.05, 3.63) is 65.8 Å². The molecule has 1 aliphatic carbocycles. The van der Waals surface area contributed by atoms with Crippen LogP contribution in [-0.2, 0) is 0 Å². The van der Waals surface area contributed by atoms with Crippen LogP contribution in [-0.4, -0.2) is 45.6 Å². The zero-order valence-electron chi connectivity index (χ0n) is 20.2. The van der Waals surface area contributed by atoms with E-state index in [2.05, 4.69) is 59.4 Å². The van der Waals surface area contributed by atoms with Gasteiger partial charge in [0.1, 0.15) is 0 Å². The topological polar surface area (TPSA) is 67.1 Å². The average molecular weight is 469 g/mol. The summed E-state index contributed by atoms with van der Waals surface area (Å²) >= 11 is 0. The fraction of sp³-hybridized carbons (Fsp3) is 0.423. The predicted octanol–water partition coefficient (Wildman–Crippen LogP) is 5.74. The Bertz CT molecular complexity index is 1120. The van der Waals surface area contributed by atoms with E-state index in [0.29, 0.717) is 6.04 Å². The van der Waals surface area contributed by atoms with Gasteiger partial charge < -0.3 is 10.6 Å². The predicted molar refractivity (Wildman–Crippen MR) is 135 cm³/mol. The second-order valence-electron chi connectivity index (χ2n) is 8.37. The maximum Gasteiger partial charge on any atom is 0.250 e. The summed E-state index contributed by atoms with van der Waals surface area (Å²) in [7, 11) is 1.49. The Morgan fingerprint density at radius 1 is 1.26 bits per heavy atom. The molecule has 182 valence electrons. The average Bonchev–Trinajstić information content (AvgIpc) is 3.24. The second-order valence-corrected chi connectivity index (χ2v) is 8.37. The maximum atomic E-state index is 11.0. The van der Waals surface area contributed by atoms with E-state index in [9.17, 15) is 8.78 Å². The van der Waals surface area contributed by atoms with E-state index in [1.165, 1.54) is 39.2 Å². The number of halogens is 2. The Kier molecular flexibility index (Phi) is 9.27. The number of anilines is 1. The number of fused-ring (bicyclic) bond motifs is 1. The standard InChI is InChI=1S/C23H27N5.C3H7F2N/c1-4-17-14-25-28-12-11-18(13-22(17)28)20(5-2)21-15-24-23(26-16(21)3)27-19-9-7-6-8-10-19;1-6-2-3(4)5/h4-5,11-15,19H,1,6-10H2,2-3H3,(H,24,26,27);3,6H,2H2,1H3/b20-5-;. The van der Waals surface area contributed by atoms with Gasteiger partial charge in [0, 0.05) is 29.6 Å². The van der Waals surface area contributed by atoms with Gasteiger partial charge in [-0.05, 0) is 57.0 Å². The van der Waals surface area contributed by atoms with Crippen molar-refractivity contribution in [3.63, 3.8) is 0 Å². The van der Waals surface area contributed by atoms with Gasteiger partial charge in [-0.25, -0.2) is 23.3 Å². The molecule has 8 heteroatoms. The van der Waals surface area contributed by atoms with E-state index in [4.69, 9.17) is 4.98 Å². The normalized spacial score (nSPS) is 14.7. The molecule has 0 aliphatic heterocycles. The highest BCUT2D eigenvalue weighted by atomic mass is 19.3. The monoisotopic (exact) mass is 468 g/mol. The van der Waals surface area contributed by atoms with Gasteiger partial charge in [0.05, 0.1) is 24.0 Å².